The zero-order valence-electron chi connectivity index (χ0n) is 21.4. The normalized spacial score (nSPS) is 21.4. The van der Waals surface area contributed by atoms with Gasteiger partial charge in [-0.25, -0.2) is 13.2 Å². The smallest absolute Gasteiger partial charge is 0.338 e. The Bertz CT molecular complexity index is 1160. The number of sulfonamides is 1. The van der Waals surface area contributed by atoms with Gasteiger partial charge < -0.3 is 15.2 Å². The molecule has 1 fully saturated rings. The van der Waals surface area contributed by atoms with E-state index in [9.17, 15) is 18.0 Å². The molecule has 2 aromatic rings. The predicted octanol–water partition coefficient (Wildman–Crippen LogP) is 3.68. The van der Waals surface area contributed by atoms with E-state index in [0.29, 0.717) is 37.9 Å². The average molecular weight is 517 g/mol. The van der Waals surface area contributed by atoms with E-state index >= 15 is 0 Å². The van der Waals surface area contributed by atoms with Gasteiger partial charge in [0.05, 0.1) is 12.0 Å². The quantitative estimate of drug-likeness (QED) is 0.423. The van der Waals surface area contributed by atoms with Crippen LogP contribution in [-0.4, -0.2) is 49.4 Å². The van der Waals surface area contributed by atoms with E-state index in [4.69, 9.17) is 15.2 Å². The summed E-state index contributed by atoms with van der Waals surface area (Å²) in [4.78, 5) is 27.2. The van der Waals surface area contributed by atoms with Crippen LogP contribution < -0.4 is 10.5 Å². The maximum Gasteiger partial charge on any atom is 0.338 e. The van der Waals surface area contributed by atoms with Gasteiger partial charge in [0.2, 0.25) is 15.6 Å². The first-order valence-corrected chi connectivity index (χ1v) is 13.6. The maximum atomic E-state index is 14.0. The highest BCUT2D eigenvalue weighted by Crippen LogP contribution is 2.41. The standard InChI is InChI=1S/C27H36N2O6S/c1-26(2,3)35-25(31)27(24(28)30)21(14-13-20-10-6-5-7-11-20)12-8-9-19-29(27)36(32,33)23-17-15-22(34-4)16-18-23/h5-7,10-11,15-18,21H,8-9,12-14,19H2,1-4H3,(H2,28,30). The van der Waals surface area contributed by atoms with Gasteiger partial charge >= 0.3 is 5.97 Å². The number of carbonyl (C=O) groups is 2. The lowest BCUT2D eigenvalue weighted by atomic mass is 9.77. The number of ether oxygens (including phenoxy) is 2. The van der Waals surface area contributed by atoms with Crippen LogP contribution >= 0.6 is 0 Å². The Morgan fingerprint density at radius 3 is 2.25 bits per heavy atom. The molecule has 0 radical (unpaired) electrons. The number of benzene rings is 2. The number of aryl methyl sites for hydroxylation is 1. The fourth-order valence-electron chi connectivity index (χ4n) is 4.81. The number of nitrogens with zero attached hydrogens (tertiary/aromatic N) is 1. The summed E-state index contributed by atoms with van der Waals surface area (Å²) in [6.07, 6.45) is 2.53. The van der Waals surface area contributed by atoms with Gasteiger partial charge in [-0.3, -0.25) is 4.79 Å². The van der Waals surface area contributed by atoms with Crippen molar-refractivity contribution < 1.29 is 27.5 Å². The van der Waals surface area contributed by atoms with Crippen molar-refractivity contribution in [1.82, 2.24) is 4.31 Å². The minimum absolute atomic E-state index is 0.0294. The van der Waals surface area contributed by atoms with E-state index in [1.54, 1.807) is 20.8 Å². The highest BCUT2D eigenvalue weighted by molar-refractivity contribution is 7.89. The van der Waals surface area contributed by atoms with Gasteiger partial charge in [0.15, 0.2) is 0 Å². The molecule has 196 valence electrons. The number of methoxy groups -OCH3 is 1. The Hall–Kier alpha value is -2.91. The molecular formula is C27H36N2O6S. The summed E-state index contributed by atoms with van der Waals surface area (Å²) in [5.74, 6) is -2.13. The van der Waals surface area contributed by atoms with Gasteiger partial charge in [0.1, 0.15) is 11.4 Å². The number of esters is 1. The van der Waals surface area contributed by atoms with Crippen LogP contribution in [0.2, 0.25) is 0 Å². The van der Waals surface area contributed by atoms with Crippen molar-refractivity contribution in [2.24, 2.45) is 11.7 Å². The molecule has 1 amide bonds. The van der Waals surface area contributed by atoms with Gasteiger partial charge in [-0.15, -0.1) is 0 Å². The number of nitrogens with two attached hydrogens (primary N) is 1. The lowest BCUT2D eigenvalue weighted by Gasteiger charge is -2.43. The molecule has 0 aliphatic carbocycles. The van der Waals surface area contributed by atoms with Crippen LogP contribution in [0.15, 0.2) is 59.5 Å². The Morgan fingerprint density at radius 2 is 1.69 bits per heavy atom. The van der Waals surface area contributed by atoms with Crippen molar-refractivity contribution in [2.75, 3.05) is 13.7 Å². The lowest BCUT2D eigenvalue weighted by molar-refractivity contribution is -0.173. The molecule has 8 nitrogen and oxygen atoms in total. The van der Waals surface area contributed by atoms with Crippen molar-refractivity contribution in [3.63, 3.8) is 0 Å². The molecule has 2 atom stereocenters. The summed E-state index contributed by atoms with van der Waals surface area (Å²) in [5, 5.41) is 0. The molecule has 1 aliphatic heterocycles. The number of carbonyl (C=O) groups excluding carboxylic acids is 2. The molecule has 0 spiro atoms. The van der Waals surface area contributed by atoms with E-state index in [2.05, 4.69) is 0 Å². The summed E-state index contributed by atoms with van der Waals surface area (Å²) in [7, 11) is -2.82. The number of rotatable bonds is 8. The Morgan fingerprint density at radius 1 is 1.06 bits per heavy atom. The second-order valence-corrected chi connectivity index (χ2v) is 12.0. The predicted molar refractivity (Wildman–Crippen MR) is 137 cm³/mol. The van der Waals surface area contributed by atoms with Crippen LogP contribution in [-0.2, 0) is 30.8 Å². The van der Waals surface area contributed by atoms with Gasteiger partial charge in [-0.1, -0.05) is 36.8 Å². The number of primary amides is 1. The topological polar surface area (TPSA) is 116 Å². The van der Waals surface area contributed by atoms with E-state index in [1.165, 1.54) is 31.4 Å². The molecule has 0 saturated carbocycles. The minimum Gasteiger partial charge on any atom is -0.497 e. The third-order valence-electron chi connectivity index (χ3n) is 6.51. The summed E-state index contributed by atoms with van der Waals surface area (Å²) >= 11 is 0. The Balaban J connectivity index is 2.16. The Labute approximate surface area is 213 Å². The molecular weight excluding hydrogens is 480 g/mol. The number of hydrogen-bond donors (Lipinski definition) is 1. The van der Waals surface area contributed by atoms with Crippen LogP contribution in [0.1, 0.15) is 52.0 Å². The largest absolute Gasteiger partial charge is 0.497 e. The fourth-order valence-corrected chi connectivity index (χ4v) is 6.60. The van der Waals surface area contributed by atoms with Crippen LogP contribution in [0.4, 0.5) is 0 Å². The minimum atomic E-state index is -4.30. The van der Waals surface area contributed by atoms with Gasteiger partial charge in [-0.2, -0.15) is 4.31 Å². The molecule has 2 aromatic carbocycles. The molecule has 0 aromatic heterocycles. The van der Waals surface area contributed by atoms with Gasteiger partial charge in [-0.05, 0) is 82.2 Å². The lowest BCUT2D eigenvalue weighted by Crippen LogP contribution is -2.68. The molecule has 2 unspecified atom stereocenters. The molecule has 0 bridgehead atoms. The third kappa shape index (κ3) is 5.73. The second-order valence-electron chi connectivity index (χ2n) is 10.1. The second kappa shape index (κ2) is 11.0. The fraction of sp³-hybridized carbons (Fsp3) is 0.481. The monoisotopic (exact) mass is 516 g/mol. The average Bonchev–Trinajstić information content (AvgIpc) is 3.03. The molecule has 2 N–H and O–H groups in total. The molecule has 1 aliphatic rings. The van der Waals surface area contributed by atoms with E-state index in [0.717, 1.165) is 9.87 Å². The van der Waals surface area contributed by atoms with E-state index in [-0.39, 0.29) is 11.4 Å². The first kappa shape index (κ1) is 27.7. The van der Waals surface area contributed by atoms with Crippen molar-refractivity contribution >= 4 is 21.9 Å². The number of amides is 1. The van der Waals surface area contributed by atoms with Gasteiger partial charge in [0, 0.05) is 6.54 Å². The summed E-state index contributed by atoms with van der Waals surface area (Å²) in [5.41, 5.74) is 3.88. The van der Waals surface area contributed by atoms with Crippen molar-refractivity contribution in [2.45, 2.75) is 68.9 Å². The van der Waals surface area contributed by atoms with Crippen molar-refractivity contribution in [3.8, 4) is 5.75 Å². The number of hydrogen-bond acceptors (Lipinski definition) is 6. The van der Waals surface area contributed by atoms with E-state index in [1.807, 2.05) is 30.3 Å². The maximum absolute atomic E-state index is 14.0. The zero-order chi connectivity index (χ0) is 26.6. The van der Waals surface area contributed by atoms with Crippen LogP contribution in [0, 0.1) is 5.92 Å². The third-order valence-corrected chi connectivity index (χ3v) is 8.42. The molecule has 3 rings (SSSR count). The van der Waals surface area contributed by atoms with Crippen LogP contribution in [0.3, 0.4) is 0 Å². The van der Waals surface area contributed by atoms with E-state index < -0.39 is 39.0 Å². The molecule has 9 heteroatoms. The first-order valence-electron chi connectivity index (χ1n) is 12.2. The summed E-state index contributed by atoms with van der Waals surface area (Å²) in [6, 6.07) is 15.5. The Kier molecular flexibility index (Phi) is 8.46. The SMILES string of the molecule is COc1ccc(S(=O)(=O)N2CCCCC(CCc3ccccc3)C2(C(N)=O)C(=O)OC(C)(C)C)cc1. The van der Waals surface area contributed by atoms with Crippen molar-refractivity contribution in [1.29, 1.82) is 0 Å². The van der Waals surface area contributed by atoms with Gasteiger partial charge in [0.25, 0.3) is 5.91 Å². The van der Waals surface area contributed by atoms with Crippen molar-refractivity contribution in [3.05, 3.63) is 60.2 Å². The summed E-state index contributed by atoms with van der Waals surface area (Å²) in [6.45, 7) is 5.01. The molecule has 1 saturated heterocycles. The highest BCUT2D eigenvalue weighted by Gasteiger charge is 2.61. The summed E-state index contributed by atoms with van der Waals surface area (Å²) < 4.78 is 39.9. The zero-order valence-corrected chi connectivity index (χ0v) is 22.2. The molecule has 36 heavy (non-hydrogen) atoms. The highest BCUT2D eigenvalue weighted by atomic mass is 32.2. The molecule has 1 heterocycles. The first-order chi connectivity index (χ1) is 16.9. The van der Waals surface area contributed by atoms with Crippen LogP contribution in [0.25, 0.3) is 0 Å². The van der Waals surface area contributed by atoms with Crippen LogP contribution in [0.5, 0.6) is 5.75 Å².